The van der Waals surface area contributed by atoms with Crippen molar-refractivity contribution in [3.8, 4) is 5.69 Å². The molecular formula is C20H21ClFN5O. The van der Waals surface area contributed by atoms with Crippen molar-refractivity contribution in [3.63, 3.8) is 0 Å². The summed E-state index contributed by atoms with van der Waals surface area (Å²) >= 11 is 0. The Kier molecular flexibility index (Phi) is 6.06. The summed E-state index contributed by atoms with van der Waals surface area (Å²) in [5.74, 6) is -0.350. The fraction of sp³-hybridized carbons (Fsp3) is 0.250. The van der Waals surface area contributed by atoms with Gasteiger partial charge in [-0.15, -0.1) is 12.4 Å². The Balaban J connectivity index is 0.00000225. The van der Waals surface area contributed by atoms with Gasteiger partial charge in [0, 0.05) is 25.2 Å². The number of hydrogen-bond acceptors (Lipinski definition) is 4. The van der Waals surface area contributed by atoms with Crippen molar-refractivity contribution in [2.45, 2.75) is 13.0 Å². The van der Waals surface area contributed by atoms with E-state index in [1.165, 1.54) is 18.5 Å². The summed E-state index contributed by atoms with van der Waals surface area (Å²) in [6.07, 6.45) is 3.10. The Hall–Kier alpha value is -2.77. The Labute approximate surface area is 168 Å². The highest BCUT2D eigenvalue weighted by atomic mass is 35.5. The standard InChI is InChI=1S/C20H20FN5O.ClH/c1-14-9-16(5-6-18(14)26-13-23-12-24-26)20(27)25-8-7-22-11-19(25)15-3-2-4-17(21)10-15;/h2-6,9-10,12-13,19,22H,7-8,11H2,1H3;1H. The second-order valence-electron chi connectivity index (χ2n) is 6.61. The summed E-state index contributed by atoms with van der Waals surface area (Å²) in [6, 6.07) is 11.8. The molecule has 28 heavy (non-hydrogen) atoms. The first-order valence-corrected chi connectivity index (χ1v) is 8.86. The topological polar surface area (TPSA) is 63.1 Å². The van der Waals surface area contributed by atoms with Crippen LogP contribution in [0, 0.1) is 12.7 Å². The number of piperazine rings is 1. The molecule has 0 spiro atoms. The van der Waals surface area contributed by atoms with Gasteiger partial charge in [-0.3, -0.25) is 4.79 Å². The summed E-state index contributed by atoms with van der Waals surface area (Å²) in [7, 11) is 0. The fourth-order valence-corrected chi connectivity index (χ4v) is 3.50. The third-order valence-corrected chi connectivity index (χ3v) is 4.85. The van der Waals surface area contributed by atoms with Crippen LogP contribution in [0.2, 0.25) is 0 Å². The summed E-state index contributed by atoms with van der Waals surface area (Å²) in [6.45, 7) is 3.83. The van der Waals surface area contributed by atoms with Crippen LogP contribution in [0.4, 0.5) is 4.39 Å². The average Bonchev–Trinajstić information content (AvgIpc) is 3.22. The number of hydrogen-bond donors (Lipinski definition) is 1. The van der Waals surface area contributed by atoms with Crippen molar-refractivity contribution in [1.82, 2.24) is 25.0 Å². The first-order valence-electron chi connectivity index (χ1n) is 8.86. The zero-order valence-electron chi connectivity index (χ0n) is 15.4. The van der Waals surface area contributed by atoms with Crippen LogP contribution in [0.5, 0.6) is 0 Å². The number of benzene rings is 2. The minimum absolute atomic E-state index is 0. The van der Waals surface area contributed by atoms with Gasteiger partial charge in [-0.05, 0) is 48.4 Å². The molecule has 1 aromatic heterocycles. The van der Waals surface area contributed by atoms with Crippen molar-refractivity contribution in [3.05, 3.63) is 77.6 Å². The molecule has 2 heterocycles. The number of aromatic nitrogens is 3. The Morgan fingerprint density at radius 3 is 2.82 bits per heavy atom. The van der Waals surface area contributed by atoms with Crippen LogP contribution in [0.15, 0.2) is 55.1 Å². The Bertz CT molecular complexity index is 963. The van der Waals surface area contributed by atoms with E-state index < -0.39 is 0 Å². The lowest BCUT2D eigenvalue weighted by molar-refractivity contribution is 0.0634. The maximum Gasteiger partial charge on any atom is 0.254 e. The van der Waals surface area contributed by atoms with Crippen LogP contribution in [0.3, 0.4) is 0 Å². The van der Waals surface area contributed by atoms with E-state index in [-0.39, 0.29) is 30.2 Å². The van der Waals surface area contributed by atoms with Crippen molar-refractivity contribution in [1.29, 1.82) is 0 Å². The number of rotatable bonds is 3. The fourth-order valence-electron chi connectivity index (χ4n) is 3.50. The summed E-state index contributed by atoms with van der Waals surface area (Å²) < 4.78 is 15.3. The van der Waals surface area contributed by atoms with E-state index in [9.17, 15) is 9.18 Å². The molecule has 1 unspecified atom stereocenters. The summed E-state index contributed by atoms with van der Waals surface area (Å²) in [5.41, 5.74) is 3.22. The van der Waals surface area contributed by atoms with E-state index in [2.05, 4.69) is 15.4 Å². The average molecular weight is 402 g/mol. The first-order chi connectivity index (χ1) is 13.1. The number of carbonyl (C=O) groups excluding carboxylic acids is 1. The normalized spacial score (nSPS) is 16.5. The SMILES string of the molecule is Cc1cc(C(=O)N2CCNCC2c2cccc(F)c2)ccc1-n1cncn1.Cl. The maximum absolute atomic E-state index is 13.7. The molecule has 1 aliphatic rings. The van der Waals surface area contributed by atoms with Gasteiger partial charge in [-0.2, -0.15) is 5.10 Å². The number of aryl methyl sites for hydroxylation is 1. The number of amides is 1. The molecule has 0 radical (unpaired) electrons. The number of nitrogens with one attached hydrogen (secondary N) is 1. The monoisotopic (exact) mass is 401 g/mol. The minimum atomic E-state index is -0.293. The minimum Gasteiger partial charge on any atom is -0.329 e. The molecule has 1 aliphatic heterocycles. The molecule has 0 bridgehead atoms. The van der Waals surface area contributed by atoms with E-state index in [1.807, 2.05) is 30.0 Å². The lowest BCUT2D eigenvalue weighted by atomic mass is 10.0. The molecular weight excluding hydrogens is 381 g/mol. The molecule has 146 valence electrons. The van der Waals surface area contributed by atoms with Crippen LogP contribution >= 0.6 is 12.4 Å². The van der Waals surface area contributed by atoms with Gasteiger partial charge in [-0.25, -0.2) is 14.1 Å². The molecule has 0 saturated carbocycles. The van der Waals surface area contributed by atoms with Gasteiger partial charge < -0.3 is 10.2 Å². The highest BCUT2D eigenvalue weighted by Crippen LogP contribution is 2.26. The number of carbonyl (C=O) groups is 1. The quantitative estimate of drug-likeness (QED) is 0.733. The predicted molar refractivity (Wildman–Crippen MR) is 106 cm³/mol. The highest BCUT2D eigenvalue weighted by molar-refractivity contribution is 5.95. The van der Waals surface area contributed by atoms with Gasteiger partial charge in [0.05, 0.1) is 11.7 Å². The predicted octanol–water partition coefficient (Wildman–Crippen LogP) is 2.92. The molecule has 1 saturated heterocycles. The second kappa shape index (κ2) is 8.50. The third kappa shape index (κ3) is 3.90. The van der Waals surface area contributed by atoms with E-state index >= 15 is 0 Å². The molecule has 2 aromatic carbocycles. The summed E-state index contributed by atoms with van der Waals surface area (Å²) in [5, 5.41) is 7.43. The lowest BCUT2D eigenvalue weighted by Gasteiger charge is -2.36. The van der Waals surface area contributed by atoms with Crippen molar-refractivity contribution < 1.29 is 9.18 Å². The molecule has 4 rings (SSSR count). The van der Waals surface area contributed by atoms with Crippen molar-refractivity contribution in [2.24, 2.45) is 0 Å². The first kappa shape index (κ1) is 20.0. The van der Waals surface area contributed by atoms with Crippen molar-refractivity contribution >= 4 is 18.3 Å². The largest absolute Gasteiger partial charge is 0.329 e. The van der Waals surface area contributed by atoms with Gasteiger partial charge in [0.2, 0.25) is 0 Å². The van der Waals surface area contributed by atoms with Gasteiger partial charge >= 0.3 is 0 Å². The zero-order valence-corrected chi connectivity index (χ0v) is 16.2. The highest BCUT2D eigenvalue weighted by Gasteiger charge is 2.29. The van der Waals surface area contributed by atoms with Gasteiger partial charge in [-0.1, -0.05) is 12.1 Å². The van der Waals surface area contributed by atoms with Gasteiger partial charge in [0.25, 0.3) is 5.91 Å². The van der Waals surface area contributed by atoms with Crippen LogP contribution in [-0.4, -0.2) is 45.2 Å². The third-order valence-electron chi connectivity index (χ3n) is 4.85. The van der Waals surface area contributed by atoms with Crippen LogP contribution in [0.1, 0.15) is 27.5 Å². The molecule has 6 nitrogen and oxygen atoms in total. The second-order valence-corrected chi connectivity index (χ2v) is 6.61. The number of nitrogens with zero attached hydrogens (tertiary/aromatic N) is 4. The van der Waals surface area contributed by atoms with Crippen LogP contribution in [-0.2, 0) is 0 Å². The van der Waals surface area contributed by atoms with Gasteiger partial charge in [0.15, 0.2) is 0 Å². The molecule has 8 heteroatoms. The summed E-state index contributed by atoms with van der Waals surface area (Å²) in [4.78, 5) is 19.0. The van der Waals surface area contributed by atoms with Crippen LogP contribution < -0.4 is 5.32 Å². The Morgan fingerprint density at radius 1 is 1.25 bits per heavy atom. The molecule has 1 fully saturated rings. The van der Waals surface area contributed by atoms with Crippen molar-refractivity contribution in [2.75, 3.05) is 19.6 Å². The van der Waals surface area contributed by atoms with E-state index in [1.54, 1.807) is 23.1 Å². The van der Waals surface area contributed by atoms with Gasteiger partial charge in [0.1, 0.15) is 18.5 Å². The number of halogens is 2. The molecule has 0 aliphatic carbocycles. The Morgan fingerprint density at radius 2 is 2.11 bits per heavy atom. The smallest absolute Gasteiger partial charge is 0.254 e. The molecule has 1 N–H and O–H groups in total. The van der Waals surface area contributed by atoms with E-state index in [0.29, 0.717) is 25.2 Å². The zero-order chi connectivity index (χ0) is 18.8. The molecule has 1 amide bonds. The van der Waals surface area contributed by atoms with E-state index in [4.69, 9.17) is 0 Å². The van der Waals surface area contributed by atoms with E-state index in [0.717, 1.165) is 16.8 Å². The lowest BCUT2D eigenvalue weighted by Crippen LogP contribution is -2.48. The maximum atomic E-state index is 13.7. The molecule has 3 aromatic rings. The van der Waals surface area contributed by atoms with Crippen LogP contribution in [0.25, 0.3) is 5.69 Å². The molecule has 1 atom stereocenters.